The third-order valence-corrected chi connectivity index (χ3v) is 5.70. The fraction of sp³-hybridized carbons (Fsp3) is 0.350. The zero-order valence-corrected chi connectivity index (χ0v) is 15.5. The summed E-state index contributed by atoms with van der Waals surface area (Å²) in [5, 5.41) is 2.91. The number of likely N-dealkylation sites (tertiary alicyclic amines) is 1. The van der Waals surface area contributed by atoms with Crippen LogP contribution in [0.5, 0.6) is 0 Å². The summed E-state index contributed by atoms with van der Waals surface area (Å²) >= 11 is 1.20. The average molecular weight is 376 g/mol. The lowest BCUT2D eigenvalue weighted by molar-refractivity contribution is 0.0941. The smallest absolute Gasteiger partial charge is 0.251 e. The topological polar surface area (TPSA) is 32.3 Å². The minimum absolute atomic E-state index is 0.259. The molecule has 1 aliphatic heterocycles. The van der Waals surface area contributed by atoms with E-state index < -0.39 is 5.82 Å². The van der Waals surface area contributed by atoms with E-state index in [0.29, 0.717) is 23.0 Å². The van der Waals surface area contributed by atoms with Gasteiger partial charge in [-0.15, -0.1) is 0 Å². The first-order valence-corrected chi connectivity index (χ1v) is 9.63. The van der Waals surface area contributed by atoms with E-state index in [-0.39, 0.29) is 11.7 Å². The van der Waals surface area contributed by atoms with Gasteiger partial charge in [0.2, 0.25) is 0 Å². The van der Waals surface area contributed by atoms with E-state index in [0.717, 1.165) is 30.8 Å². The molecule has 1 atom stereocenters. The van der Waals surface area contributed by atoms with Crippen LogP contribution >= 0.6 is 11.8 Å². The molecule has 6 heteroatoms. The van der Waals surface area contributed by atoms with Gasteiger partial charge in [-0.05, 0) is 68.4 Å². The number of nitrogens with one attached hydrogen (secondary N) is 1. The molecule has 0 saturated carbocycles. The second kappa shape index (κ2) is 8.64. The number of carbonyl (C=O) groups is 1. The fourth-order valence-electron chi connectivity index (χ4n) is 3.21. The molecule has 138 valence electrons. The minimum Gasteiger partial charge on any atom is -0.350 e. The van der Waals surface area contributed by atoms with E-state index in [4.69, 9.17) is 0 Å². The Morgan fingerprint density at radius 1 is 1.23 bits per heavy atom. The summed E-state index contributed by atoms with van der Waals surface area (Å²) in [5.41, 5.74) is 0.312. The molecule has 1 fully saturated rings. The van der Waals surface area contributed by atoms with Crippen LogP contribution < -0.4 is 5.32 Å². The van der Waals surface area contributed by atoms with E-state index in [9.17, 15) is 13.6 Å². The van der Waals surface area contributed by atoms with Crippen molar-refractivity contribution >= 4 is 17.7 Å². The highest BCUT2D eigenvalue weighted by Gasteiger charge is 2.23. The molecule has 1 heterocycles. The van der Waals surface area contributed by atoms with Crippen LogP contribution in [0.2, 0.25) is 0 Å². The first kappa shape index (κ1) is 18.9. The zero-order chi connectivity index (χ0) is 18.5. The lowest BCUT2D eigenvalue weighted by atomic mass is 10.2. The molecular weight excluding hydrogens is 354 g/mol. The number of carbonyl (C=O) groups excluding carboxylic acids is 1. The Morgan fingerprint density at radius 3 is 2.69 bits per heavy atom. The highest BCUT2D eigenvalue weighted by molar-refractivity contribution is 7.99. The monoisotopic (exact) mass is 376 g/mol. The van der Waals surface area contributed by atoms with Crippen LogP contribution in [0.25, 0.3) is 0 Å². The van der Waals surface area contributed by atoms with Gasteiger partial charge in [0.05, 0.1) is 0 Å². The molecule has 0 aliphatic carbocycles. The maximum absolute atomic E-state index is 14.4. The third-order valence-electron chi connectivity index (χ3n) is 4.64. The van der Waals surface area contributed by atoms with E-state index in [1.54, 1.807) is 24.3 Å². The Balaban J connectivity index is 1.61. The lowest BCUT2D eigenvalue weighted by Gasteiger charge is -2.22. The summed E-state index contributed by atoms with van der Waals surface area (Å²) in [6.07, 6.45) is 2.23. The Morgan fingerprint density at radius 2 is 2.00 bits per heavy atom. The van der Waals surface area contributed by atoms with E-state index >= 15 is 0 Å². The van der Waals surface area contributed by atoms with E-state index in [2.05, 4.69) is 17.1 Å². The van der Waals surface area contributed by atoms with Gasteiger partial charge >= 0.3 is 0 Å². The zero-order valence-electron chi connectivity index (χ0n) is 14.7. The number of likely N-dealkylation sites (N-methyl/N-ethyl adjacent to an activating group) is 1. The molecule has 3 nitrogen and oxygen atoms in total. The van der Waals surface area contributed by atoms with Crippen molar-refractivity contribution in [2.75, 3.05) is 19.6 Å². The predicted molar refractivity (Wildman–Crippen MR) is 99.5 cm³/mol. The third kappa shape index (κ3) is 4.62. The van der Waals surface area contributed by atoms with Crippen LogP contribution in [-0.4, -0.2) is 36.5 Å². The molecule has 1 aliphatic rings. The normalized spacial score (nSPS) is 17.4. The minimum atomic E-state index is -0.456. The average Bonchev–Trinajstić information content (AvgIpc) is 3.10. The summed E-state index contributed by atoms with van der Waals surface area (Å²) in [5.74, 6) is -1.04. The number of hydrogen-bond acceptors (Lipinski definition) is 3. The summed E-state index contributed by atoms with van der Waals surface area (Å²) in [4.78, 5) is 15.8. The van der Waals surface area contributed by atoms with Crippen LogP contribution in [0.15, 0.2) is 52.3 Å². The van der Waals surface area contributed by atoms with Crippen molar-refractivity contribution in [1.82, 2.24) is 10.2 Å². The molecule has 2 aromatic rings. The number of rotatable bonds is 6. The summed E-state index contributed by atoms with van der Waals surface area (Å²) in [6.45, 7) is 4.75. The first-order chi connectivity index (χ1) is 12.6. The van der Waals surface area contributed by atoms with Crippen LogP contribution in [0.4, 0.5) is 8.78 Å². The van der Waals surface area contributed by atoms with Gasteiger partial charge in [0.15, 0.2) is 0 Å². The quantitative estimate of drug-likeness (QED) is 0.814. The molecule has 0 radical (unpaired) electrons. The molecule has 0 bridgehead atoms. The standard InChI is InChI=1S/C20H22F2N2OS/c1-2-24-11-3-4-16(24)13-23-20(25)14-5-10-19(18(22)12-14)26-17-8-6-15(21)7-9-17/h5-10,12,16H,2-4,11,13H2,1H3,(H,23,25). The SMILES string of the molecule is CCN1CCCC1CNC(=O)c1ccc(Sc2ccc(F)cc2)c(F)c1. The Hall–Kier alpha value is -1.92. The predicted octanol–water partition coefficient (Wildman–Crippen LogP) is 4.33. The molecule has 0 spiro atoms. The fourth-order valence-corrected chi connectivity index (χ4v) is 4.03. The van der Waals surface area contributed by atoms with Crippen molar-refractivity contribution in [3.63, 3.8) is 0 Å². The summed E-state index contributed by atoms with van der Waals surface area (Å²) in [7, 11) is 0. The maximum Gasteiger partial charge on any atom is 0.251 e. The Bertz CT molecular complexity index is 767. The molecule has 2 aromatic carbocycles. The first-order valence-electron chi connectivity index (χ1n) is 8.82. The van der Waals surface area contributed by atoms with Crippen molar-refractivity contribution in [2.45, 2.75) is 35.6 Å². The largest absolute Gasteiger partial charge is 0.350 e. The van der Waals surface area contributed by atoms with Crippen molar-refractivity contribution in [1.29, 1.82) is 0 Å². The molecule has 3 rings (SSSR count). The molecule has 1 N–H and O–H groups in total. The van der Waals surface area contributed by atoms with E-state index in [1.165, 1.54) is 30.0 Å². The van der Waals surface area contributed by atoms with Gasteiger partial charge in [-0.2, -0.15) is 0 Å². The van der Waals surface area contributed by atoms with Gasteiger partial charge in [0.25, 0.3) is 5.91 Å². The molecule has 1 unspecified atom stereocenters. The second-order valence-corrected chi connectivity index (χ2v) is 7.45. The Labute approximate surface area is 156 Å². The van der Waals surface area contributed by atoms with Crippen LogP contribution in [0, 0.1) is 11.6 Å². The molecule has 0 aromatic heterocycles. The Kier molecular flexibility index (Phi) is 6.27. The molecule has 26 heavy (non-hydrogen) atoms. The number of hydrogen-bond donors (Lipinski definition) is 1. The van der Waals surface area contributed by atoms with Gasteiger partial charge in [-0.25, -0.2) is 8.78 Å². The maximum atomic E-state index is 14.4. The molecule has 1 saturated heterocycles. The summed E-state index contributed by atoms with van der Waals surface area (Å²) < 4.78 is 27.3. The van der Waals surface area contributed by atoms with Gasteiger partial charge in [0, 0.05) is 27.9 Å². The van der Waals surface area contributed by atoms with Crippen LogP contribution in [-0.2, 0) is 0 Å². The number of amides is 1. The van der Waals surface area contributed by atoms with Gasteiger partial charge < -0.3 is 5.32 Å². The number of halogens is 2. The van der Waals surface area contributed by atoms with Gasteiger partial charge in [-0.1, -0.05) is 18.7 Å². The van der Waals surface area contributed by atoms with Crippen molar-refractivity contribution < 1.29 is 13.6 Å². The van der Waals surface area contributed by atoms with Crippen molar-refractivity contribution in [3.8, 4) is 0 Å². The number of benzene rings is 2. The molecular formula is C20H22F2N2OS. The second-order valence-electron chi connectivity index (χ2n) is 6.34. The van der Waals surface area contributed by atoms with Crippen LogP contribution in [0.3, 0.4) is 0 Å². The number of nitrogens with zero attached hydrogens (tertiary/aromatic N) is 1. The molecule has 1 amide bonds. The van der Waals surface area contributed by atoms with Gasteiger partial charge in [-0.3, -0.25) is 9.69 Å². The van der Waals surface area contributed by atoms with Crippen LogP contribution in [0.1, 0.15) is 30.1 Å². The van der Waals surface area contributed by atoms with E-state index in [1.807, 2.05) is 0 Å². The highest BCUT2D eigenvalue weighted by Crippen LogP contribution is 2.30. The summed E-state index contributed by atoms with van der Waals surface area (Å²) in [6, 6.07) is 10.7. The highest BCUT2D eigenvalue weighted by atomic mass is 32.2. The van der Waals surface area contributed by atoms with Crippen molar-refractivity contribution in [3.05, 3.63) is 59.7 Å². The van der Waals surface area contributed by atoms with Crippen molar-refractivity contribution in [2.24, 2.45) is 0 Å². The lowest BCUT2D eigenvalue weighted by Crippen LogP contribution is -2.40. The van der Waals surface area contributed by atoms with Gasteiger partial charge in [0.1, 0.15) is 11.6 Å².